The number of aryl methyl sites for hydroxylation is 1. The van der Waals surface area contributed by atoms with E-state index in [1.807, 2.05) is 13.0 Å². The number of piperidine rings is 1. The van der Waals surface area contributed by atoms with Crippen molar-refractivity contribution in [3.63, 3.8) is 0 Å². The maximum absolute atomic E-state index is 11.6. The smallest absolute Gasteiger partial charge is 0.249 e. The van der Waals surface area contributed by atoms with Gasteiger partial charge in [-0.3, -0.25) is 14.9 Å². The van der Waals surface area contributed by atoms with Crippen LogP contribution in [0.15, 0.2) is 16.7 Å². The third kappa shape index (κ3) is 2.82. The Hall–Kier alpha value is -1.43. The molecule has 1 unspecified atom stereocenters. The molecule has 2 N–H and O–H groups in total. The van der Waals surface area contributed by atoms with Crippen molar-refractivity contribution in [1.82, 2.24) is 10.3 Å². The van der Waals surface area contributed by atoms with Crippen LogP contribution in [0.2, 0.25) is 0 Å². The number of halogens is 1. The number of imide groups is 1. The summed E-state index contributed by atoms with van der Waals surface area (Å²) in [5.74, 6) is 0.168. The number of hydrogen-bond donors (Lipinski definition) is 2. The van der Waals surface area contributed by atoms with Gasteiger partial charge in [0.1, 0.15) is 11.9 Å². The Bertz CT molecular complexity index is 476. The Balaban J connectivity index is 2.10. The van der Waals surface area contributed by atoms with Gasteiger partial charge in [0.25, 0.3) is 0 Å². The van der Waals surface area contributed by atoms with Gasteiger partial charge in [-0.25, -0.2) is 4.98 Å². The highest BCUT2D eigenvalue weighted by atomic mass is 79.9. The van der Waals surface area contributed by atoms with E-state index in [9.17, 15) is 9.59 Å². The average Bonchev–Trinajstić information content (AvgIpc) is 2.25. The number of hydrogen-bond acceptors (Lipinski definition) is 4. The predicted octanol–water partition coefficient (Wildman–Crippen LogP) is 1.37. The lowest BCUT2D eigenvalue weighted by molar-refractivity contribution is -0.133. The van der Waals surface area contributed by atoms with E-state index in [2.05, 4.69) is 31.5 Å². The van der Waals surface area contributed by atoms with E-state index < -0.39 is 0 Å². The second kappa shape index (κ2) is 4.83. The Morgan fingerprint density at radius 2 is 2.29 bits per heavy atom. The molecule has 0 saturated carbocycles. The Morgan fingerprint density at radius 1 is 1.53 bits per heavy atom. The molecule has 1 aromatic heterocycles. The number of carbonyl (C=O) groups excluding carboxylic acids is 2. The van der Waals surface area contributed by atoms with Gasteiger partial charge in [-0.1, -0.05) is 0 Å². The van der Waals surface area contributed by atoms with Crippen molar-refractivity contribution in [2.45, 2.75) is 25.8 Å². The van der Waals surface area contributed by atoms with Gasteiger partial charge < -0.3 is 5.32 Å². The standard InChI is InChI=1S/C11H12BrN3O2/c1-6-4-7(12)5-13-10(6)14-8-2-3-9(16)15-11(8)17/h4-5,8H,2-3H2,1H3,(H,13,14)(H,15,16,17). The van der Waals surface area contributed by atoms with Crippen molar-refractivity contribution in [2.75, 3.05) is 5.32 Å². The van der Waals surface area contributed by atoms with Gasteiger partial charge in [-0.05, 0) is 40.9 Å². The zero-order chi connectivity index (χ0) is 12.4. The van der Waals surface area contributed by atoms with E-state index in [0.717, 1.165) is 10.0 Å². The predicted molar refractivity (Wildman–Crippen MR) is 66.5 cm³/mol. The average molecular weight is 298 g/mol. The first-order chi connectivity index (χ1) is 8.06. The summed E-state index contributed by atoms with van der Waals surface area (Å²) in [5, 5.41) is 5.35. The molecule has 17 heavy (non-hydrogen) atoms. The molecule has 2 amide bonds. The highest BCUT2D eigenvalue weighted by Gasteiger charge is 2.26. The molecular formula is C11H12BrN3O2. The normalized spacial score (nSPS) is 20.0. The molecule has 0 spiro atoms. The van der Waals surface area contributed by atoms with Crippen LogP contribution in [0.3, 0.4) is 0 Å². The maximum Gasteiger partial charge on any atom is 0.249 e. The van der Waals surface area contributed by atoms with E-state index in [1.165, 1.54) is 0 Å². The molecule has 5 nitrogen and oxygen atoms in total. The summed E-state index contributed by atoms with van der Waals surface area (Å²) in [4.78, 5) is 26.8. The van der Waals surface area contributed by atoms with Crippen LogP contribution in [0.4, 0.5) is 5.82 Å². The van der Waals surface area contributed by atoms with Gasteiger partial charge in [0, 0.05) is 17.1 Å². The lowest BCUT2D eigenvalue weighted by atomic mass is 10.1. The minimum Gasteiger partial charge on any atom is -0.358 e. The van der Waals surface area contributed by atoms with E-state index in [1.54, 1.807) is 6.20 Å². The minimum atomic E-state index is -0.389. The van der Waals surface area contributed by atoms with Crippen LogP contribution < -0.4 is 10.6 Å². The molecule has 1 fully saturated rings. The zero-order valence-electron chi connectivity index (χ0n) is 9.29. The number of amides is 2. The van der Waals surface area contributed by atoms with E-state index in [4.69, 9.17) is 0 Å². The van der Waals surface area contributed by atoms with E-state index in [-0.39, 0.29) is 17.9 Å². The monoisotopic (exact) mass is 297 g/mol. The molecular weight excluding hydrogens is 286 g/mol. The summed E-state index contributed by atoms with van der Waals surface area (Å²) < 4.78 is 0.892. The first kappa shape index (κ1) is 12.0. The Kier molecular flexibility index (Phi) is 3.42. The molecule has 1 aliphatic rings. The lowest BCUT2D eigenvalue weighted by Crippen LogP contribution is -2.47. The van der Waals surface area contributed by atoms with E-state index >= 15 is 0 Å². The Labute approximate surface area is 107 Å². The highest BCUT2D eigenvalue weighted by Crippen LogP contribution is 2.19. The van der Waals surface area contributed by atoms with Crippen LogP contribution in [-0.2, 0) is 9.59 Å². The molecule has 0 aliphatic carbocycles. The zero-order valence-corrected chi connectivity index (χ0v) is 10.9. The molecule has 0 aromatic carbocycles. The summed E-state index contributed by atoms with van der Waals surface area (Å²) in [5.41, 5.74) is 0.948. The molecule has 6 heteroatoms. The summed E-state index contributed by atoms with van der Waals surface area (Å²) >= 11 is 3.33. The molecule has 90 valence electrons. The summed E-state index contributed by atoms with van der Waals surface area (Å²) in [6, 6.07) is 1.53. The second-order valence-electron chi connectivity index (χ2n) is 3.97. The van der Waals surface area contributed by atoms with Gasteiger partial charge in [0.2, 0.25) is 11.8 Å². The molecule has 0 bridgehead atoms. The summed E-state index contributed by atoms with van der Waals surface area (Å²) in [6.45, 7) is 1.91. The number of nitrogens with one attached hydrogen (secondary N) is 2. The Morgan fingerprint density at radius 3 is 2.94 bits per heavy atom. The van der Waals surface area contributed by atoms with Gasteiger partial charge in [-0.15, -0.1) is 0 Å². The van der Waals surface area contributed by atoms with Gasteiger partial charge in [0.05, 0.1) is 0 Å². The highest BCUT2D eigenvalue weighted by molar-refractivity contribution is 9.10. The lowest BCUT2D eigenvalue weighted by Gasteiger charge is -2.22. The molecule has 1 aromatic rings. The second-order valence-corrected chi connectivity index (χ2v) is 4.88. The van der Waals surface area contributed by atoms with Gasteiger partial charge in [0.15, 0.2) is 0 Å². The van der Waals surface area contributed by atoms with Gasteiger partial charge >= 0.3 is 0 Å². The summed E-state index contributed by atoms with van der Waals surface area (Å²) in [6.07, 6.45) is 2.53. The molecule has 1 saturated heterocycles. The number of carbonyl (C=O) groups is 2. The van der Waals surface area contributed by atoms with Crippen LogP contribution in [0.1, 0.15) is 18.4 Å². The number of rotatable bonds is 2. The quantitative estimate of drug-likeness (QED) is 0.809. The number of pyridine rings is 1. The molecule has 0 radical (unpaired) electrons. The fourth-order valence-electron chi connectivity index (χ4n) is 1.69. The topological polar surface area (TPSA) is 71.1 Å². The van der Waals surface area contributed by atoms with E-state index in [0.29, 0.717) is 18.7 Å². The van der Waals surface area contributed by atoms with Crippen molar-refractivity contribution in [3.05, 3.63) is 22.3 Å². The molecule has 2 heterocycles. The van der Waals surface area contributed by atoms with Crippen LogP contribution in [0, 0.1) is 6.92 Å². The third-order valence-electron chi connectivity index (χ3n) is 2.60. The number of anilines is 1. The maximum atomic E-state index is 11.6. The molecule has 1 aliphatic heterocycles. The first-order valence-electron chi connectivity index (χ1n) is 5.28. The van der Waals surface area contributed by atoms with Crippen LogP contribution in [0.5, 0.6) is 0 Å². The van der Waals surface area contributed by atoms with Crippen molar-refractivity contribution in [1.29, 1.82) is 0 Å². The summed E-state index contributed by atoms with van der Waals surface area (Å²) in [7, 11) is 0. The molecule has 1 atom stereocenters. The fourth-order valence-corrected chi connectivity index (χ4v) is 2.13. The van der Waals surface area contributed by atoms with Crippen molar-refractivity contribution in [3.8, 4) is 0 Å². The van der Waals surface area contributed by atoms with Crippen LogP contribution in [0.25, 0.3) is 0 Å². The van der Waals surface area contributed by atoms with Crippen molar-refractivity contribution >= 4 is 33.6 Å². The largest absolute Gasteiger partial charge is 0.358 e. The van der Waals surface area contributed by atoms with Crippen LogP contribution >= 0.6 is 15.9 Å². The van der Waals surface area contributed by atoms with Crippen molar-refractivity contribution in [2.24, 2.45) is 0 Å². The van der Waals surface area contributed by atoms with Crippen molar-refractivity contribution < 1.29 is 9.59 Å². The first-order valence-corrected chi connectivity index (χ1v) is 6.08. The number of aromatic nitrogens is 1. The SMILES string of the molecule is Cc1cc(Br)cnc1NC1CCC(=O)NC1=O. The minimum absolute atomic E-state index is 0.214. The molecule has 2 rings (SSSR count). The number of nitrogens with zero attached hydrogens (tertiary/aromatic N) is 1. The van der Waals surface area contributed by atoms with Gasteiger partial charge in [-0.2, -0.15) is 0 Å². The third-order valence-corrected chi connectivity index (χ3v) is 3.03. The van der Waals surface area contributed by atoms with Crippen LogP contribution in [-0.4, -0.2) is 22.8 Å². The fraction of sp³-hybridized carbons (Fsp3) is 0.364.